The molecule has 12 heteroatoms. The predicted molar refractivity (Wildman–Crippen MR) is 140 cm³/mol. The van der Waals surface area contributed by atoms with Crippen LogP contribution in [0.15, 0.2) is 12.1 Å². The Kier molecular flexibility index (Phi) is 8.23. The molecule has 2 atom stereocenters. The maximum absolute atomic E-state index is 14.4. The highest BCUT2D eigenvalue weighted by atomic mass is 19.4. The third-order valence-electron chi connectivity index (χ3n) is 7.28. The van der Waals surface area contributed by atoms with Crippen molar-refractivity contribution in [2.24, 2.45) is 11.1 Å². The highest BCUT2D eigenvalue weighted by molar-refractivity contribution is 6.05. The van der Waals surface area contributed by atoms with Crippen molar-refractivity contribution in [2.45, 2.75) is 91.2 Å². The number of ether oxygens (including phenoxy) is 1. The second-order valence-electron chi connectivity index (χ2n) is 12.0. The molecule has 1 saturated heterocycles. The molecule has 1 unspecified atom stereocenters. The third kappa shape index (κ3) is 5.80. The summed E-state index contributed by atoms with van der Waals surface area (Å²) >= 11 is 0. The number of fused-ring (bicyclic) bond motifs is 1. The van der Waals surface area contributed by atoms with Crippen LogP contribution in [0, 0.1) is 5.41 Å². The summed E-state index contributed by atoms with van der Waals surface area (Å²) in [6, 6.07) is -0.0411. The zero-order valence-electron chi connectivity index (χ0n) is 23.6. The van der Waals surface area contributed by atoms with Crippen LogP contribution >= 0.6 is 0 Å². The van der Waals surface area contributed by atoms with Gasteiger partial charge < -0.3 is 30.3 Å². The van der Waals surface area contributed by atoms with Crippen molar-refractivity contribution >= 4 is 23.6 Å². The van der Waals surface area contributed by atoms with Crippen molar-refractivity contribution < 1.29 is 37.4 Å². The molecule has 0 aromatic heterocycles. The molecule has 2 heterocycles. The molecule has 0 saturated carbocycles. The zero-order valence-corrected chi connectivity index (χ0v) is 23.6. The maximum atomic E-state index is 14.4. The Bertz CT molecular complexity index is 1130. The first-order valence-corrected chi connectivity index (χ1v) is 13.1. The van der Waals surface area contributed by atoms with E-state index in [1.807, 2.05) is 20.8 Å². The molecule has 3 N–H and O–H groups in total. The van der Waals surface area contributed by atoms with E-state index in [0.717, 1.165) is 12.1 Å². The number of nitrogens with zero attached hydrogens (tertiary/aromatic N) is 3. The second-order valence-corrected chi connectivity index (χ2v) is 12.0. The van der Waals surface area contributed by atoms with Gasteiger partial charge >= 0.3 is 12.3 Å². The number of benzene rings is 1. The van der Waals surface area contributed by atoms with Crippen LogP contribution < -0.4 is 15.4 Å². The Hall–Kier alpha value is -3.02. The fraction of sp³-hybridized carbons (Fsp3) is 0.667. The van der Waals surface area contributed by atoms with Gasteiger partial charge in [-0.1, -0.05) is 20.8 Å². The largest absolute Gasteiger partial charge is 0.476 e. The summed E-state index contributed by atoms with van der Waals surface area (Å²) in [7, 11) is 0. The number of amides is 3. The molecular weight excluding hydrogens is 517 g/mol. The molecule has 218 valence electrons. The molecule has 3 rings (SSSR count). The van der Waals surface area contributed by atoms with Crippen molar-refractivity contribution in [1.29, 1.82) is 0 Å². The van der Waals surface area contributed by atoms with Gasteiger partial charge in [-0.05, 0) is 58.1 Å². The van der Waals surface area contributed by atoms with E-state index in [0.29, 0.717) is 12.8 Å². The van der Waals surface area contributed by atoms with Gasteiger partial charge in [0.25, 0.3) is 11.8 Å². The van der Waals surface area contributed by atoms with Crippen molar-refractivity contribution in [3.05, 3.63) is 23.3 Å². The van der Waals surface area contributed by atoms with Crippen LogP contribution in [0.25, 0.3) is 0 Å². The summed E-state index contributed by atoms with van der Waals surface area (Å²) in [6.45, 7) is 12.2. The number of carbonyl (C=O) groups excluding carboxylic acids is 2. The monoisotopic (exact) mass is 556 g/mol. The van der Waals surface area contributed by atoms with Crippen LogP contribution in [0.3, 0.4) is 0 Å². The first kappa shape index (κ1) is 30.5. The van der Waals surface area contributed by atoms with Gasteiger partial charge in [0.1, 0.15) is 5.75 Å². The molecule has 3 amide bonds. The summed E-state index contributed by atoms with van der Waals surface area (Å²) in [6.07, 6.45) is -5.16. The van der Waals surface area contributed by atoms with Crippen LogP contribution in [0.1, 0.15) is 77.2 Å². The number of carboxylic acid groups (broad SMARTS) is 1. The van der Waals surface area contributed by atoms with Crippen LogP contribution in [-0.2, 0) is 11.0 Å². The fourth-order valence-corrected chi connectivity index (χ4v) is 5.81. The van der Waals surface area contributed by atoms with E-state index in [1.54, 1.807) is 13.8 Å². The Morgan fingerprint density at radius 2 is 1.85 bits per heavy atom. The number of rotatable bonds is 5. The lowest BCUT2D eigenvalue weighted by Crippen LogP contribution is -2.63. The van der Waals surface area contributed by atoms with Gasteiger partial charge in [0.2, 0.25) is 0 Å². The summed E-state index contributed by atoms with van der Waals surface area (Å²) in [5.41, 5.74) is 1.88. The van der Waals surface area contributed by atoms with Gasteiger partial charge in [0.15, 0.2) is 5.60 Å². The van der Waals surface area contributed by atoms with E-state index < -0.39 is 64.4 Å². The normalized spacial score (nSPS) is 21.5. The fourth-order valence-electron chi connectivity index (χ4n) is 5.81. The van der Waals surface area contributed by atoms with Crippen LogP contribution in [-0.4, -0.2) is 76.2 Å². The van der Waals surface area contributed by atoms with Crippen LogP contribution in [0.4, 0.5) is 23.7 Å². The average molecular weight is 557 g/mol. The van der Waals surface area contributed by atoms with E-state index in [4.69, 9.17) is 10.5 Å². The number of hydrogen-bond donors (Lipinski definition) is 2. The van der Waals surface area contributed by atoms with Crippen molar-refractivity contribution in [3.8, 4) is 5.75 Å². The topological polar surface area (TPSA) is 116 Å². The first-order chi connectivity index (χ1) is 17.8. The quantitative estimate of drug-likeness (QED) is 0.549. The molecule has 1 aromatic carbocycles. The average Bonchev–Trinajstić information content (AvgIpc) is 2.79. The number of alkyl halides is 3. The minimum Gasteiger partial charge on any atom is -0.476 e. The lowest BCUT2D eigenvalue weighted by molar-refractivity contribution is -0.138. The first-order valence-electron chi connectivity index (χ1n) is 13.1. The van der Waals surface area contributed by atoms with E-state index in [-0.39, 0.29) is 31.1 Å². The van der Waals surface area contributed by atoms with Crippen molar-refractivity contribution in [3.63, 3.8) is 0 Å². The molecule has 1 fully saturated rings. The molecule has 1 aromatic rings. The summed E-state index contributed by atoms with van der Waals surface area (Å²) in [4.78, 5) is 43.3. The van der Waals surface area contributed by atoms with E-state index >= 15 is 0 Å². The molecule has 0 spiro atoms. The number of carbonyl (C=O) groups is 3. The highest BCUT2D eigenvalue weighted by Crippen LogP contribution is 2.45. The number of hydrogen-bond acceptors (Lipinski definition) is 5. The smallest absolute Gasteiger partial charge is 0.417 e. The molecule has 2 aliphatic heterocycles. The second kappa shape index (κ2) is 10.5. The zero-order chi connectivity index (χ0) is 29.7. The minimum atomic E-state index is -4.90. The molecular formula is C27H39F3N4O5. The summed E-state index contributed by atoms with van der Waals surface area (Å²) in [5, 5.41) is 9.91. The number of nitrogens with two attached hydrogens (primary N) is 1. The summed E-state index contributed by atoms with van der Waals surface area (Å²) < 4.78 is 48.9. The molecule has 0 bridgehead atoms. The molecule has 0 radical (unpaired) electrons. The van der Waals surface area contributed by atoms with E-state index in [9.17, 15) is 32.7 Å². The standard InChI is InChI=1S/C27H39F3N4O5/c1-15(2)34(18-9-8-11-33(24(37)38)21(18)25(3,4)5)22(35)16-13-19-20(14-17(16)27(28,29)30)39-26(6,7)23(36)32(19)12-10-31/h13-15,18,21H,8-12,31H2,1-7H3,(H,37,38)/t18-,21?/m1/s1. The predicted octanol–water partition coefficient (Wildman–Crippen LogP) is 4.58. The lowest BCUT2D eigenvalue weighted by Gasteiger charge is -2.51. The van der Waals surface area contributed by atoms with Gasteiger partial charge in [-0.2, -0.15) is 13.2 Å². The van der Waals surface area contributed by atoms with Crippen LogP contribution in [0.5, 0.6) is 5.75 Å². The number of piperidine rings is 1. The van der Waals surface area contributed by atoms with E-state index in [1.165, 1.54) is 28.5 Å². The maximum Gasteiger partial charge on any atom is 0.417 e. The molecule has 0 aliphatic carbocycles. The Labute approximate surface area is 227 Å². The Balaban J connectivity index is 2.23. The van der Waals surface area contributed by atoms with Crippen molar-refractivity contribution in [1.82, 2.24) is 9.80 Å². The Morgan fingerprint density at radius 1 is 1.23 bits per heavy atom. The van der Waals surface area contributed by atoms with E-state index in [2.05, 4.69) is 0 Å². The lowest BCUT2D eigenvalue weighted by atomic mass is 9.76. The molecule has 39 heavy (non-hydrogen) atoms. The Morgan fingerprint density at radius 3 is 2.33 bits per heavy atom. The highest BCUT2D eigenvalue weighted by Gasteiger charge is 2.49. The number of likely N-dealkylation sites (tertiary alicyclic amines) is 1. The van der Waals surface area contributed by atoms with Gasteiger partial charge in [0, 0.05) is 25.7 Å². The summed E-state index contributed by atoms with van der Waals surface area (Å²) in [5.74, 6) is -1.55. The van der Waals surface area contributed by atoms with Gasteiger partial charge in [-0.3, -0.25) is 9.59 Å². The van der Waals surface area contributed by atoms with Gasteiger partial charge in [-0.15, -0.1) is 0 Å². The van der Waals surface area contributed by atoms with Crippen LogP contribution in [0.2, 0.25) is 0 Å². The number of halogens is 3. The molecule has 2 aliphatic rings. The third-order valence-corrected chi connectivity index (χ3v) is 7.28. The van der Waals surface area contributed by atoms with Gasteiger partial charge in [0.05, 0.1) is 28.9 Å². The molecule has 9 nitrogen and oxygen atoms in total. The van der Waals surface area contributed by atoms with Crippen molar-refractivity contribution in [2.75, 3.05) is 24.5 Å². The number of anilines is 1. The SMILES string of the molecule is CC(C)N(C(=O)c1cc2c(cc1C(F)(F)F)OC(C)(C)C(=O)N2CCN)[C@@H]1CCCN(C(=O)O)C1C(C)(C)C. The minimum absolute atomic E-state index is 0.0216. The van der Waals surface area contributed by atoms with Gasteiger partial charge in [-0.25, -0.2) is 4.79 Å².